The van der Waals surface area contributed by atoms with E-state index in [9.17, 15) is 14.7 Å². The van der Waals surface area contributed by atoms with Gasteiger partial charge in [0.1, 0.15) is 6.54 Å². The molecule has 0 unspecified atom stereocenters. The summed E-state index contributed by atoms with van der Waals surface area (Å²) in [4.78, 5) is 29.0. The van der Waals surface area contributed by atoms with Crippen molar-refractivity contribution in [2.75, 3.05) is 12.5 Å². The highest BCUT2D eigenvalue weighted by atomic mass is 32.2. The highest BCUT2D eigenvalue weighted by molar-refractivity contribution is 7.99. The molecule has 0 saturated carbocycles. The van der Waals surface area contributed by atoms with Crippen LogP contribution in [0, 0.1) is 0 Å². The topological polar surface area (TPSA) is 115 Å². The molecule has 9 nitrogen and oxygen atoms in total. The van der Waals surface area contributed by atoms with Gasteiger partial charge < -0.3 is 29.8 Å². The minimum absolute atomic E-state index is 0.00385. The third-order valence-corrected chi connectivity index (χ3v) is 5.95. The Balaban J connectivity index is 1.28. The largest absolute Gasteiger partial charge is 0.454 e. The van der Waals surface area contributed by atoms with E-state index >= 15 is 0 Å². The molecular formula is C23H24N4O5S. The fourth-order valence-electron chi connectivity index (χ4n) is 3.23. The first-order valence-corrected chi connectivity index (χ1v) is 11.3. The summed E-state index contributed by atoms with van der Waals surface area (Å²) < 4.78 is 12.3. The van der Waals surface area contributed by atoms with Crippen LogP contribution in [0.3, 0.4) is 0 Å². The first-order chi connectivity index (χ1) is 16.1. The highest BCUT2D eigenvalue weighted by Gasteiger charge is 2.16. The Bertz CT molecular complexity index is 1120. The zero-order chi connectivity index (χ0) is 23.0. The van der Waals surface area contributed by atoms with Crippen LogP contribution < -0.4 is 20.1 Å². The van der Waals surface area contributed by atoms with Crippen LogP contribution in [0.4, 0.5) is 0 Å². The van der Waals surface area contributed by atoms with Gasteiger partial charge in [-0.05, 0) is 23.3 Å². The average Bonchev–Trinajstić information content (AvgIpc) is 3.47. The Morgan fingerprint density at radius 2 is 1.76 bits per heavy atom. The molecule has 4 rings (SSSR count). The number of aromatic nitrogens is 2. The smallest absolute Gasteiger partial charge is 0.240 e. The van der Waals surface area contributed by atoms with E-state index in [2.05, 4.69) is 15.6 Å². The van der Waals surface area contributed by atoms with Crippen LogP contribution >= 0.6 is 11.8 Å². The van der Waals surface area contributed by atoms with E-state index in [1.54, 1.807) is 4.57 Å². The molecule has 0 bridgehead atoms. The summed E-state index contributed by atoms with van der Waals surface area (Å²) in [5.41, 5.74) is 2.40. The lowest BCUT2D eigenvalue weighted by molar-refractivity contribution is -0.122. The van der Waals surface area contributed by atoms with Crippen LogP contribution in [0.1, 0.15) is 16.8 Å². The molecule has 0 atom stereocenters. The Hall–Kier alpha value is -3.50. The van der Waals surface area contributed by atoms with Crippen molar-refractivity contribution in [3.63, 3.8) is 0 Å². The summed E-state index contributed by atoms with van der Waals surface area (Å²) in [5, 5.41) is 15.8. The molecule has 0 aliphatic carbocycles. The van der Waals surface area contributed by atoms with Gasteiger partial charge in [-0.15, -0.1) is 0 Å². The van der Waals surface area contributed by atoms with Gasteiger partial charge in [0.05, 0.1) is 24.3 Å². The van der Waals surface area contributed by atoms with E-state index in [1.165, 1.54) is 18.0 Å². The molecule has 2 aromatic carbocycles. The van der Waals surface area contributed by atoms with Gasteiger partial charge in [0, 0.05) is 13.1 Å². The fourth-order valence-corrected chi connectivity index (χ4v) is 4.06. The van der Waals surface area contributed by atoms with Crippen LogP contribution in [-0.2, 0) is 35.8 Å². The molecule has 1 aliphatic heterocycles. The lowest BCUT2D eigenvalue weighted by Gasteiger charge is -2.11. The minimum Gasteiger partial charge on any atom is -0.454 e. The van der Waals surface area contributed by atoms with Gasteiger partial charge in [0.15, 0.2) is 16.7 Å². The van der Waals surface area contributed by atoms with E-state index < -0.39 is 0 Å². The molecule has 3 N–H and O–H groups in total. The maximum Gasteiger partial charge on any atom is 0.240 e. The van der Waals surface area contributed by atoms with Crippen molar-refractivity contribution >= 4 is 23.6 Å². The predicted octanol–water partition coefficient (Wildman–Crippen LogP) is 1.83. The van der Waals surface area contributed by atoms with Crippen molar-refractivity contribution in [3.8, 4) is 11.5 Å². The molecule has 33 heavy (non-hydrogen) atoms. The van der Waals surface area contributed by atoms with Crippen molar-refractivity contribution in [1.82, 2.24) is 20.2 Å². The number of carbonyl (C=O) groups is 2. The maximum absolute atomic E-state index is 12.4. The monoisotopic (exact) mass is 468 g/mol. The first kappa shape index (κ1) is 22.7. The number of rotatable bonds is 10. The van der Waals surface area contributed by atoms with Gasteiger partial charge in [0.25, 0.3) is 0 Å². The SMILES string of the molecule is O=C(CSc1ncc(CO)n1CC(=O)NCc1ccccc1)NCc1ccc2c(c1)OCO2. The van der Waals surface area contributed by atoms with E-state index in [0.717, 1.165) is 11.1 Å². The Morgan fingerprint density at radius 1 is 1.00 bits per heavy atom. The molecule has 0 fully saturated rings. The molecule has 1 aromatic heterocycles. The summed E-state index contributed by atoms with van der Waals surface area (Å²) in [5.74, 6) is 1.10. The third kappa shape index (κ3) is 6.05. The lowest BCUT2D eigenvalue weighted by atomic mass is 10.2. The van der Waals surface area contributed by atoms with E-state index in [0.29, 0.717) is 35.4 Å². The zero-order valence-corrected chi connectivity index (χ0v) is 18.6. The van der Waals surface area contributed by atoms with Crippen LogP contribution in [0.5, 0.6) is 11.5 Å². The number of ether oxygens (including phenoxy) is 2. The number of fused-ring (bicyclic) bond motifs is 1. The molecule has 0 saturated heterocycles. The number of hydrogen-bond acceptors (Lipinski definition) is 7. The number of nitrogens with zero attached hydrogens (tertiary/aromatic N) is 2. The Morgan fingerprint density at radius 3 is 2.58 bits per heavy atom. The van der Waals surface area contributed by atoms with Crippen molar-refractivity contribution in [3.05, 3.63) is 71.5 Å². The van der Waals surface area contributed by atoms with E-state index in [4.69, 9.17) is 9.47 Å². The summed E-state index contributed by atoms with van der Waals surface area (Å²) in [6, 6.07) is 15.1. The van der Waals surface area contributed by atoms with Gasteiger partial charge in [-0.3, -0.25) is 9.59 Å². The molecule has 1 aliphatic rings. The second-order valence-electron chi connectivity index (χ2n) is 7.29. The Kier molecular flexibility index (Phi) is 7.48. The van der Waals surface area contributed by atoms with Gasteiger partial charge in [-0.25, -0.2) is 4.98 Å². The highest BCUT2D eigenvalue weighted by Crippen LogP contribution is 2.32. The van der Waals surface area contributed by atoms with Crippen molar-refractivity contribution in [1.29, 1.82) is 0 Å². The van der Waals surface area contributed by atoms with Crippen molar-refractivity contribution in [2.45, 2.75) is 31.4 Å². The van der Waals surface area contributed by atoms with Crippen molar-refractivity contribution in [2.24, 2.45) is 0 Å². The number of imidazole rings is 1. The predicted molar refractivity (Wildman–Crippen MR) is 122 cm³/mol. The second-order valence-corrected chi connectivity index (χ2v) is 8.23. The summed E-state index contributed by atoms with van der Waals surface area (Å²) in [7, 11) is 0. The molecular weight excluding hydrogens is 444 g/mol. The molecule has 0 spiro atoms. The Labute approximate surface area is 195 Å². The molecule has 2 amide bonds. The number of benzene rings is 2. The zero-order valence-electron chi connectivity index (χ0n) is 17.8. The molecule has 10 heteroatoms. The van der Waals surface area contributed by atoms with Crippen LogP contribution in [0.25, 0.3) is 0 Å². The quantitative estimate of drug-likeness (QED) is 0.389. The number of amides is 2. The van der Waals surface area contributed by atoms with E-state index in [-0.39, 0.29) is 37.5 Å². The average molecular weight is 469 g/mol. The maximum atomic E-state index is 12.4. The molecule has 3 aromatic rings. The summed E-state index contributed by atoms with van der Waals surface area (Å²) >= 11 is 1.21. The van der Waals surface area contributed by atoms with Gasteiger partial charge in [-0.2, -0.15) is 0 Å². The van der Waals surface area contributed by atoms with Crippen molar-refractivity contribution < 1.29 is 24.2 Å². The lowest BCUT2D eigenvalue weighted by Crippen LogP contribution is -2.28. The second kappa shape index (κ2) is 10.9. The first-order valence-electron chi connectivity index (χ1n) is 10.4. The van der Waals surface area contributed by atoms with Crippen LogP contribution in [0.2, 0.25) is 0 Å². The third-order valence-electron chi connectivity index (χ3n) is 4.96. The molecule has 0 radical (unpaired) electrons. The number of aliphatic hydroxyl groups excluding tert-OH is 1. The van der Waals surface area contributed by atoms with Gasteiger partial charge >= 0.3 is 0 Å². The number of hydrogen-bond donors (Lipinski definition) is 3. The normalized spacial score (nSPS) is 11.9. The summed E-state index contributed by atoms with van der Waals surface area (Å²) in [6.45, 7) is 0.718. The standard InChI is InChI=1S/C23H24N4O5S/c28-13-18-11-26-23(27(18)12-21(29)24-9-16-4-2-1-3-5-16)33-14-22(30)25-10-17-6-7-19-20(8-17)32-15-31-19/h1-8,11,28H,9-10,12-15H2,(H,24,29)(H,25,30). The molecule has 172 valence electrons. The van der Waals surface area contributed by atoms with Crippen LogP contribution in [-0.4, -0.2) is 39.0 Å². The van der Waals surface area contributed by atoms with Gasteiger partial charge in [-0.1, -0.05) is 48.2 Å². The minimum atomic E-state index is -0.254. The fraction of sp³-hybridized carbons (Fsp3) is 0.261. The molecule has 2 heterocycles. The van der Waals surface area contributed by atoms with Gasteiger partial charge in [0.2, 0.25) is 18.6 Å². The number of aliphatic hydroxyl groups is 1. The number of thioether (sulfide) groups is 1. The van der Waals surface area contributed by atoms with E-state index in [1.807, 2.05) is 48.5 Å². The van der Waals surface area contributed by atoms with Crippen LogP contribution in [0.15, 0.2) is 59.9 Å². The summed E-state index contributed by atoms with van der Waals surface area (Å²) in [6.07, 6.45) is 1.51. The number of nitrogens with one attached hydrogen (secondary N) is 2. The number of carbonyl (C=O) groups excluding carboxylic acids is 2.